The lowest BCUT2D eigenvalue weighted by molar-refractivity contribution is -0.255. The Bertz CT molecular complexity index is 906. The van der Waals surface area contributed by atoms with Crippen molar-refractivity contribution in [2.45, 2.75) is 77.9 Å². The van der Waals surface area contributed by atoms with Crippen molar-refractivity contribution < 1.29 is 22.7 Å². The van der Waals surface area contributed by atoms with E-state index in [1.807, 2.05) is 23.1 Å². The summed E-state index contributed by atoms with van der Waals surface area (Å²) in [5.74, 6) is 1.22. The Balaban J connectivity index is 0.000000266. The van der Waals surface area contributed by atoms with Crippen LogP contribution in [0.2, 0.25) is 0 Å². The van der Waals surface area contributed by atoms with Crippen molar-refractivity contribution in [1.82, 2.24) is 20.2 Å². The summed E-state index contributed by atoms with van der Waals surface area (Å²) in [6.07, 6.45) is 0.224. The van der Waals surface area contributed by atoms with Gasteiger partial charge in [-0.1, -0.05) is 39.2 Å². The van der Waals surface area contributed by atoms with Crippen molar-refractivity contribution in [2.24, 2.45) is 11.7 Å². The number of carbonyl (C=O) groups excluding carboxylic acids is 1. The van der Waals surface area contributed by atoms with E-state index < -0.39 is 11.8 Å². The molecule has 1 saturated heterocycles. The summed E-state index contributed by atoms with van der Waals surface area (Å²) in [7, 11) is 1.04. The van der Waals surface area contributed by atoms with Gasteiger partial charge in [0, 0.05) is 20.2 Å². The molecule has 1 aliphatic carbocycles. The molecule has 33 heavy (non-hydrogen) atoms. The Morgan fingerprint density at radius 1 is 1.24 bits per heavy atom. The first-order valence-electron chi connectivity index (χ1n) is 11.2. The molecule has 1 aromatic carbocycles. The number of nitrogens with two attached hydrogens (primary N) is 1. The molecule has 2 amide bonds. The van der Waals surface area contributed by atoms with Gasteiger partial charge in [0.2, 0.25) is 0 Å². The molecule has 4 rings (SSSR count). The molecule has 4 N–H and O–H groups in total. The number of imidazole rings is 1. The lowest BCUT2D eigenvalue weighted by atomic mass is 10.1. The number of amides is 2. The summed E-state index contributed by atoms with van der Waals surface area (Å²) in [6.45, 7) is 7.97. The van der Waals surface area contributed by atoms with E-state index in [0.717, 1.165) is 49.9 Å². The minimum Gasteiger partial charge on any atom is -0.369 e. The van der Waals surface area contributed by atoms with Crippen molar-refractivity contribution in [3.63, 3.8) is 0 Å². The number of halogens is 3. The fourth-order valence-electron chi connectivity index (χ4n) is 2.77. The van der Waals surface area contributed by atoms with Crippen molar-refractivity contribution >= 4 is 17.1 Å². The van der Waals surface area contributed by atoms with Crippen LogP contribution in [0.25, 0.3) is 11.0 Å². The average Bonchev–Trinajstić information content (AvgIpc) is 3.50. The molecule has 0 bridgehead atoms. The normalized spacial score (nSPS) is 17.9. The number of aromatic amines is 1. The number of alkyl halides is 3. The van der Waals surface area contributed by atoms with E-state index in [1.165, 1.54) is 19.3 Å². The number of urea groups is 1. The van der Waals surface area contributed by atoms with Gasteiger partial charge in [-0.05, 0) is 37.5 Å². The lowest BCUT2D eigenvalue weighted by Crippen LogP contribution is -2.40. The molecule has 1 aliphatic heterocycles. The number of benzene rings is 1. The molecule has 2 aromatic rings. The number of hydrogen-bond acceptors (Lipinski definition) is 4. The Hall–Kier alpha value is -2.33. The predicted molar refractivity (Wildman–Crippen MR) is 123 cm³/mol. The molecule has 186 valence electrons. The molecule has 1 atom stereocenters. The van der Waals surface area contributed by atoms with Gasteiger partial charge in [-0.2, -0.15) is 13.2 Å². The second kappa shape index (κ2) is 11.2. The molecule has 0 spiro atoms. The number of hydrogen-bond donors (Lipinski definition) is 3. The van der Waals surface area contributed by atoms with Crippen molar-refractivity contribution in [2.75, 3.05) is 13.7 Å². The zero-order valence-corrected chi connectivity index (χ0v) is 20.1. The number of nitrogens with one attached hydrogen (secondary N) is 2. The summed E-state index contributed by atoms with van der Waals surface area (Å²) in [4.78, 5) is 21.4. The van der Waals surface area contributed by atoms with E-state index >= 15 is 0 Å². The van der Waals surface area contributed by atoms with Gasteiger partial charge in [0.1, 0.15) is 5.82 Å². The van der Waals surface area contributed by atoms with Gasteiger partial charge in [0.15, 0.2) is 5.60 Å². The van der Waals surface area contributed by atoms with Gasteiger partial charge in [-0.15, -0.1) is 0 Å². The first kappa shape index (κ1) is 26.9. The quantitative estimate of drug-likeness (QED) is 0.588. The molecule has 2 fully saturated rings. The molecule has 1 aromatic heterocycles. The largest absolute Gasteiger partial charge is 0.416 e. The molecule has 7 nitrogen and oxygen atoms in total. The number of carbonyl (C=O) groups is 1. The van der Waals surface area contributed by atoms with E-state index in [4.69, 9.17) is 5.73 Å². The second-order valence-corrected chi connectivity index (χ2v) is 9.19. The van der Waals surface area contributed by atoms with Crippen LogP contribution in [0.4, 0.5) is 18.0 Å². The molecular formula is C23H36F3N5O2. The van der Waals surface area contributed by atoms with Gasteiger partial charge in [0.05, 0.1) is 23.6 Å². The monoisotopic (exact) mass is 471 g/mol. The average molecular weight is 472 g/mol. The number of methoxy groups -OCH3 is 1. The first-order chi connectivity index (χ1) is 15.4. The fraction of sp³-hybridized carbons (Fsp3) is 0.652. The highest BCUT2D eigenvalue weighted by Gasteiger charge is 2.47. The van der Waals surface area contributed by atoms with Gasteiger partial charge in [-0.3, -0.25) is 0 Å². The Kier molecular flexibility index (Phi) is 9.13. The highest BCUT2D eigenvalue weighted by Crippen LogP contribution is 2.31. The summed E-state index contributed by atoms with van der Waals surface area (Å²) in [5.41, 5.74) is 6.53. The summed E-state index contributed by atoms with van der Waals surface area (Å²) < 4.78 is 39.3. The first-order valence-corrected chi connectivity index (χ1v) is 11.2. The molecule has 2 aliphatic rings. The number of nitrogens with zero attached hydrogens (tertiary/aromatic N) is 2. The van der Waals surface area contributed by atoms with Crippen molar-refractivity contribution in [1.29, 1.82) is 0 Å². The number of rotatable bonds is 5. The predicted octanol–water partition coefficient (Wildman–Crippen LogP) is 4.72. The van der Waals surface area contributed by atoms with Crippen LogP contribution in [-0.2, 0) is 17.8 Å². The highest BCUT2D eigenvalue weighted by molar-refractivity contribution is 5.78. The number of ether oxygens (including phenoxy) is 1. The van der Waals surface area contributed by atoms with Gasteiger partial charge >= 0.3 is 12.2 Å². The minimum absolute atomic E-state index is 0.0149. The molecule has 1 saturated carbocycles. The van der Waals surface area contributed by atoms with Crippen LogP contribution >= 0.6 is 0 Å². The van der Waals surface area contributed by atoms with Gasteiger partial charge in [0.25, 0.3) is 0 Å². The Morgan fingerprint density at radius 3 is 2.30 bits per heavy atom. The molecule has 1 unspecified atom stereocenters. The second-order valence-electron chi connectivity index (χ2n) is 9.19. The van der Waals surface area contributed by atoms with Crippen molar-refractivity contribution in [3.8, 4) is 0 Å². The Labute approximate surface area is 193 Å². The van der Waals surface area contributed by atoms with E-state index in [-0.39, 0.29) is 12.1 Å². The third-order valence-electron chi connectivity index (χ3n) is 5.53. The highest BCUT2D eigenvalue weighted by atomic mass is 19.4. The van der Waals surface area contributed by atoms with E-state index in [2.05, 4.69) is 33.9 Å². The zero-order chi connectivity index (χ0) is 24.8. The van der Waals surface area contributed by atoms with Crippen molar-refractivity contribution in [3.05, 3.63) is 29.6 Å². The SMILES string of the molecule is C1CC1.CC(C)C1CN(Cc2ccc3nc(CN)[nH]c3c2)C(=O)N1.COC(C)(C)C(F)(F)F. The third-order valence-corrected chi connectivity index (χ3v) is 5.53. The standard InChI is InChI=1S/C15H21N5O.C5H9F3O.C3H6/c1-9(2)13-8-20(15(21)19-13)7-10-3-4-11-12(5-10)18-14(6-16)17-11;1-4(2,9-3)5(6,7)8;1-2-3-1/h3-5,9,13H,6-8,16H2,1-2H3,(H,17,18)(H,19,21);1-3H3;1-3H2. The van der Waals surface area contributed by atoms with Gasteiger partial charge in [-0.25, -0.2) is 9.78 Å². The third kappa shape index (κ3) is 7.89. The van der Waals surface area contributed by atoms with Crippen LogP contribution in [0.5, 0.6) is 0 Å². The molecule has 2 heterocycles. The summed E-state index contributed by atoms with van der Waals surface area (Å²) >= 11 is 0. The summed E-state index contributed by atoms with van der Waals surface area (Å²) in [5, 5.41) is 3.02. The van der Waals surface area contributed by atoms with Crippen LogP contribution in [0, 0.1) is 5.92 Å². The molecule has 0 radical (unpaired) electrons. The van der Waals surface area contributed by atoms with Crippen LogP contribution in [0.3, 0.4) is 0 Å². The fourth-order valence-corrected chi connectivity index (χ4v) is 2.77. The lowest BCUT2D eigenvalue weighted by Gasteiger charge is -2.25. The van der Waals surface area contributed by atoms with E-state index in [1.54, 1.807) is 0 Å². The van der Waals surface area contributed by atoms with Crippen LogP contribution in [0.15, 0.2) is 18.2 Å². The van der Waals surface area contributed by atoms with E-state index in [9.17, 15) is 18.0 Å². The maximum absolute atomic E-state index is 12.0. The molecular weight excluding hydrogens is 435 g/mol. The topological polar surface area (TPSA) is 96.3 Å². The van der Waals surface area contributed by atoms with Crippen LogP contribution in [0.1, 0.15) is 58.3 Å². The number of H-pyrrole nitrogens is 1. The van der Waals surface area contributed by atoms with Crippen LogP contribution in [-0.4, -0.2) is 52.4 Å². The summed E-state index contributed by atoms with van der Waals surface area (Å²) in [6, 6.07) is 6.27. The smallest absolute Gasteiger partial charge is 0.369 e. The number of fused-ring (bicyclic) bond motifs is 1. The molecule has 10 heteroatoms. The Morgan fingerprint density at radius 2 is 1.88 bits per heavy atom. The van der Waals surface area contributed by atoms with Crippen LogP contribution < -0.4 is 11.1 Å². The minimum atomic E-state index is -4.28. The maximum Gasteiger partial charge on any atom is 0.416 e. The van der Waals surface area contributed by atoms with E-state index in [0.29, 0.717) is 19.0 Å². The zero-order valence-electron chi connectivity index (χ0n) is 20.1. The number of aromatic nitrogens is 2. The van der Waals surface area contributed by atoms with Gasteiger partial charge < -0.3 is 25.7 Å². The maximum atomic E-state index is 12.0.